The van der Waals surface area contributed by atoms with Gasteiger partial charge in [-0.1, -0.05) is 12.1 Å². The van der Waals surface area contributed by atoms with Gasteiger partial charge in [0.1, 0.15) is 11.3 Å². The number of aliphatic hydroxyl groups excluding tert-OH is 1. The number of benzene rings is 1. The molecule has 0 fully saturated rings. The number of nitrogens with zero attached hydrogens (tertiary/aromatic N) is 2. The SMILES string of the molecule is CCn1nccc1C(O)c1cc2cccc(Br)c2o1. The van der Waals surface area contributed by atoms with Gasteiger partial charge in [0, 0.05) is 18.1 Å². The largest absolute Gasteiger partial charge is 0.457 e. The molecule has 3 aromatic rings. The fraction of sp³-hybridized carbons (Fsp3) is 0.214. The van der Waals surface area contributed by atoms with E-state index in [9.17, 15) is 5.11 Å². The van der Waals surface area contributed by atoms with Crippen LogP contribution in [0.4, 0.5) is 0 Å². The summed E-state index contributed by atoms with van der Waals surface area (Å²) in [6.45, 7) is 2.70. The van der Waals surface area contributed by atoms with Crippen molar-refractivity contribution >= 4 is 26.9 Å². The zero-order valence-electron chi connectivity index (χ0n) is 10.4. The van der Waals surface area contributed by atoms with E-state index in [1.807, 2.05) is 31.2 Å². The van der Waals surface area contributed by atoms with Crippen LogP contribution in [0.1, 0.15) is 24.5 Å². The van der Waals surface area contributed by atoms with Crippen LogP contribution in [0, 0.1) is 0 Å². The Morgan fingerprint density at radius 1 is 1.42 bits per heavy atom. The van der Waals surface area contributed by atoms with Crippen LogP contribution in [0.5, 0.6) is 0 Å². The van der Waals surface area contributed by atoms with Crippen molar-refractivity contribution < 1.29 is 9.52 Å². The first-order chi connectivity index (χ1) is 9.20. The third-order valence-electron chi connectivity index (χ3n) is 3.11. The summed E-state index contributed by atoms with van der Waals surface area (Å²) in [5, 5.41) is 15.5. The van der Waals surface area contributed by atoms with E-state index >= 15 is 0 Å². The average molecular weight is 321 g/mol. The topological polar surface area (TPSA) is 51.2 Å². The van der Waals surface area contributed by atoms with E-state index in [-0.39, 0.29) is 0 Å². The molecule has 1 atom stereocenters. The number of hydrogen-bond acceptors (Lipinski definition) is 3. The fourth-order valence-corrected chi connectivity index (χ4v) is 2.63. The monoisotopic (exact) mass is 320 g/mol. The molecular weight excluding hydrogens is 308 g/mol. The minimum atomic E-state index is -0.804. The second kappa shape index (κ2) is 4.83. The molecular formula is C14H13BrN2O2. The zero-order valence-corrected chi connectivity index (χ0v) is 12.0. The number of hydrogen-bond donors (Lipinski definition) is 1. The third kappa shape index (κ3) is 2.09. The van der Waals surface area contributed by atoms with E-state index in [1.54, 1.807) is 16.9 Å². The fourth-order valence-electron chi connectivity index (χ4n) is 2.17. The number of furan rings is 1. The quantitative estimate of drug-likeness (QED) is 0.803. The van der Waals surface area contributed by atoms with Gasteiger partial charge in [-0.2, -0.15) is 5.10 Å². The minimum absolute atomic E-state index is 0.525. The molecule has 2 aromatic heterocycles. The van der Waals surface area contributed by atoms with E-state index < -0.39 is 6.10 Å². The smallest absolute Gasteiger partial charge is 0.153 e. The average Bonchev–Trinajstić information content (AvgIpc) is 3.04. The van der Waals surface area contributed by atoms with Gasteiger partial charge in [-0.25, -0.2) is 0 Å². The molecule has 0 saturated heterocycles. The predicted octanol–water partition coefficient (Wildman–Crippen LogP) is 3.49. The lowest BCUT2D eigenvalue weighted by atomic mass is 10.2. The first-order valence-corrected chi connectivity index (χ1v) is 6.87. The molecule has 0 aliphatic heterocycles. The van der Waals surface area contributed by atoms with Gasteiger partial charge in [-0.3, -0.25) is 4.68 Å². The molecule has 98 valence electrons. The van der Waals surface area contributed by atoms with Crippen LogP contribution in [-0.4, -0.2) is 14.9 Å². The van der Waals surface area contributed by atoms with Crippen molar-refractivity contribution in [3.63, 3.8) is 0 Å². The number of aryl methyl sites for hydroxylation is 1. The van der Waals surface area contributed by atoms with Crippen molar-refractivity contribution in [1.82, 2.24) is 9.78 Å². The number of aliphatic hydroxyl groups is 1. The van der Waals surface area contributed by atoms with E-state index in [4.69, 9.17) is 4.42 Å². The van der Waals surface area contributed by atoms with Gasteiger partial charge in [0.2, 0.25) is 0 Å². The van der Waals surface area contributed by atoms with Gasteiger partial charge < -0.3 is 9.52 Å². The van der Waals surface area contributed by atoms with Crippen molar-refractivity contribution in [2.75, 3.05) is 0 Å². The van der Waals surface area contributed by atoms with Crippen molar-refractivity contribution in [1.29, 1.82) is 0 Å². The van der Waals surface area contributed by atoms with Crippen LogP contribution in [0.3, 0.4) is 0 Å². The highest BCUT2D eigenvalue weighted by atomic mass is 79.9. The Bertz CT molecular complexity index is 717. The van der Waals surface area contributed by atoms with Gasteiger partial charge in [0.25, 0.3) is 0 Å². The van der Waals surface area contributed by atoms with E-state index in [2.05, 4.69) is 21.0 Å². The maximum absolute atomic E-state index is 10.4. The Morgan fingerprint density at radius 2 is 2.26 bits per heavy atom. The molecule has 0 aliphatic rings. The third-order valence-corrected chi connectivity index (χ3v) is 3.74. The summed E-state index contributed by atoms with van der Waals surface area (Å²) in [6, 6.07) is 9.47. The van der Waals surface area contributed by atoms with Gasteiger partial charge >= 0.3 is 0 Å². The zero-order chi connectivity index (χ0) is 13.4. The van der Waals surface area contributed by atoms with Gasteiger partial charge in [-0.15, -0.1) is 0 Å². The molecule has 0 saturated carbocycles. The molecule has 1 aromatic carbocycles. The Balaban J connectivity index is 2.07. The Labute approximate surface area is 118 Å². The summed E-state index contributed by atoms with van der Waals surface area (Å²) in [6.07, 6.45) is 0.877. The molecule has 5 heteroatoms. The van der Waals surface area contributed by atoms with Crippen molar-refractivity contribution in [2.24, 2.45) is 0 Å². The lowest BCUT2D eigenvalue weighted by Gasteiger charge is -2.09. The van der Waals surface area contributed by atoms with E-state index in [0.717, 1.165) is 21.1 Å². The van der Waals surface area contributed by atoms with E-state index in [0.29, 0.717) is 12.3 Å². The molecule has 0 amide bonds. The summed E-state index contributed by atoms with van der Waals surface area (Å²) in [4.78, 5) is 0. The van der Waals surface area contributed by atoms with Crippen LogP contribution < -0.4 is 0 Å². The molecule has 0 bridgehead atoms. The lowest BCUT2D eigenvalue weighted by Crippen LogP contribution is -2.08. The lowest BCUT2D eigenvalue weighted by molar-refractivity contribution is 0.181. The molecule has 1 N–H and O–H groups in total. The Morgan fingerprint density at radius 3 is 3.00 bits per heavy atom. The summed E-state index contributed by atoms with van der Waals surface area (Å²) >= 11 is 3.44. The van der Waals surface area contributed by atoms with Crippen molar-refractivity contribution in [3.8, 4) is 0 Å². The maximum atomic E-state index is 10.4. The molecule has 4 nitrogen and oxygen atoms in total. The number of para-hydroxylation sites is 1. The van der Waals surface area contributed by atoms with Crippen LogP contribution in [0.2, 0.25) is 0 Å². The second-order valence-corrected chi connectivity index (χ2v) is 5.14. The normalized spacial score (nSPS) is 13.0. The number of rotatable bonds is 3. The van der Waals surface area contributed by atoms with Crippen LogP contribution in [0.15, 0.2) is 45.4 Å². The molecule has 3 rings (SSSR count). The van der Waals surface area contributed by atoms with Gasteiger partial charge in [-0.05, 0) is 41.1 Å². The summed E-state index contributed by atoms with van der Waals surface area (Å²) in [5.41, 5.74) is 1.48. The standard InChI is InChI=1S/C14H13BrN2O2/c1-2-17-11(6-7-16-17)13(18)12-8-9-4-3-5-10(15)14(9)19-12/h3-8,13,18H,2H2,1H3. The van der Waals surface area contributed by atoms with Crippen LogP contribution >= 0.6 is 15.9 Å². The summed E-state index contributed by atoms with van der Waals surface area (Å²) in [5.74, 6) is 0.525. The highest BCUT2D eigenvalue weighted by Crippen LogP contribution is 2.31. The molecule has 0 radical (unpaired) electrons. The number of fused-ring (bicyclic) bond motifs is 1. The van der Waals surface area contributed by atoms with Gasteiger partial charge in [0.15, 0.2) is 6.10 Å². The highest BCUT2D eigenvalue weighted by Gasteiger charge is 2.19. The summed E-state index contributed by atoms with van der Waals surface area (Å²) < 4.78 is 8.38. The molecule has 1 unspecified atom stereocenters. The number of aromatic nitrogens is 2. The second-order valence-electron chi connectivity index (χ2n) is 4.28. The molecule has 0 aliphatic carbocycles. The van der Waals surface area contributed by atoms with Crippen LogP contribution in [0.25, 0.3) is 11.0 Å². The van der Waals surface area contributed by atoms with E-state index in [1.165, 1.54) is 0 Å². The minimum Gasteiger partial charge on any atom is -0.457 e. The molecule has 0 spiro atoms. The molecule has 2 heterocycles. The Kier molecular flexibility index (Phi) is 3.16. The molecule has 19 heavy (non-hydrogen) atoms. The van der Waals surface area contributed by atoms with Crippen molar-refractivity contribution in [3.05, 3.63) is 52.5 Å². The van der Waals surface area contributed by atoms with Crippen molar-refractivity contribution in [2.45, 2.75) is 19.6 Å². The van der Waals surface area contributed by atoms with Gasteiger partial charge in [0.05, 0.1) is 10.2 Å². The maximum Gasteiger partial charge on any atom is 0.153 e. The number of halogens is 1. The predicted molar refractivity (Wildman–Crippen MR) is 75.9 cm³/mol. The summed E-state index contributed by atoms with van der Waals surface area (Å²) in [7, 11) is 0. The Hall–Kier alpha value is -1.59. The highest BCUT2D eigenvalue weighted by molar-refractivity contribution is 9.10. The first-order valence-electron chi connectivity index (χ1n) is 6.08. The first kappa shape index (κ1) is 12.4. The van der Waals surface area contributed by atoms with Crippen LogP contribution in [-0.2, 0) is 6.54 Å².